The molecule has 0 aliphatic heterocycles. The minimum Gasteiger partial charge on any atom is -0.385 e. The van der Waals surface area contributed by atoms with Crippen molar-refractivity contribution >= 4 is 16.7 Å². The predicted octanol–water partition coefficient (Wildman–Crippen LogP) is 3.86. The van der Waals surface area contributed by atoms with Gasteiger partial charge in [-0.1, -0.05) is 20.8 Å². The zero-order valence-corrected chi connectivity index (χ0v) is 13.8. The summed E-state index contributed by atoms with van der Waals surface area (Å²) in [5, 5.41) is 1.14. The molecular weight excluding hydrogens is 264 g/mol. The van der Waals surface area contributed by atoms with Gasteiger partial charge in [0.1, 0.15) is 5.69 Å². The topological polar surface area (TPSA) is 44.1 Å². The molecule has 0 amide bonds. The van der Waals surface area contributed by atoms with E-state index in [-0.39, 0.29) is 5.78 Å². The Morgan fingerprint density at radius 3 is 2.67 bits per heavy atom. The number of carbonyl (C=O) groups is 1. The summed E-state index contributed by atoms with van der Waals surface area (Å²) in [5.41, 5.74) is 2.89. The summed E-state index contributed by atoms with van der Waals surface area (Å²) in [4.78, 5) is 15.7. The Morgan fingerprint density at radius 2 is 2.10 bits per heavy atom. The summed E-state index contributed by atoms with van der Waals surface area (Å²) >= 11 is 0. The van der Waals surface area contributed by atoms with E-state index in [0.717, 1.165) is 36.9 Å². The fourth-order valence-corrected chi connectivity index (χ4v) is 2.30. The second-order valence-electron chi connectivity index (χ2n) is 4.69. The molecule has 2 heterocycles. The second kappa shape index (κ2) is 8.57. The van der Waals surface area contributed by atoms with Crippen LogP contribution in [0.4, 0.5) is 0 Å². The van der Waals surface area contributed by atoms with Gasteiger partial charge in [0, 0.05) is 45.0 Å². The number of aryl methyl sites for hydroxylation is 2. The van der Waals surface area contributed by atoms with Gasteiger partial charge in [0.05, 0.1) is 5.52 Å². The maximum atomic E-state index is 11.4. The SMILES string of the molecule is CC.CCc1cn(CCCOC)c2cc(C(C)=O)ncc12. The van der Waals surface area contributed by atoms with Crippen molar-refractivity contribution in [3.8, 4) is 0 Å². The van der Waals surface area contributed by atoms with E-state index in [9.17, 15) is 4.79 Å². The first kappa shape index (κ1) is 17.4. The summed E-state index contributed by atoms with van der Waals surface area (Å²) in [6, 6.07) is 1.89. The Bertz CT molecular complexity index is 588. The fourth-order valence-electron chi connectivity index (χ4n) is 2.30. The molecule has 0 saturated heterocycles. The highest BCUT2D eigenvalue weighted by Gasteiger charge is 2.10. The number of fused-ring (bicyclic) bond motifs is 1. The number of Topliss-reactive ketones (excluding diaryl/α,β-unsaturated/α-hetero) is 1. The van der Waals surface area contributed by atoms with Crippen LogP contribution in [0.2, 0.25) is 0 Å². The molecule has 0 spiro atoms. The quantitative estimate of drug-likeness (QED) is 0.599. The standard InChI is InChI=1S/C15H20N2O2.C2H6/c1-4-12-10-17(6-5-7-19-3)15-8-14(11(2)18)16-9-13(12)15;1-2/h8-10H,4-7H2,1-3H3;1-2H3. The number of carbonyl (C=O) groups excluding carboxylic acids is 1. The Labute approximate surface area is 127 Å². The molecule has 2 rings (SSSR count). The van der Waals surface area contributed by atoms with E-state index in [1.54, 1.807) is 14.0 Å². The first-order valence-electron chi connectivity index (χ1n) is 7.65. The number of hydrogen-bond acceptors (Lipinski definition) is 3. The lowest BCUT2D eigenvalue weighted by Gasteiger charge is -2.05. The van der Waals surface area contributed by atoms with E-state index in [2.05, 4.69) is 22.7 Å². The summed E-state index contributed by atoms with van der Waals surface area (Å²) in [5.74, 6) is 0.00425. The first-order chi connectivity index (χ1) is 10.2. The smallest absolute Gasteiger partial charge is 0.178 e. The van der Waals surface area contributed by atoms with Crippen molar-refractivity contribution in [2.24, 2.45) is 0 Å². The van der Waals surface area contributed by atoms with Crippen molar-refractivity contribution in [1.29, 1.82) is 0 Å². The maximum absolute atomic E-state index is 11.4. The van der Waals surface area contributed by atoms with Crippen molar-refractivity contribution in [3.05, 3.63) is 29.7 Å². The van der Waals surface area contributed by atoms with Gasteiger partial charge in [-0.15, -0.1) is 0 Å². The van der Waals surface area contributed by atoms with E-state index in [4.69, 9.17) is 4.74 Å². The molecule has 4 heteroatoms. The minimum absolute atomic E-state index is 0.00425. The average molecular weight is 290 g/mol. The minimum atomic E-state index is 0.00425. The summed E-state index contributed by atoms with van der Waals surface area (Å²) in [6.07, 6.45) is 5.90. The van der Waals surface area contributed by atoms with Crippen LogP contribution in [0.3, 0.4) is 0 Å². The predicted molar refractivity (Wildman–Crippen MR) is 87.0 cm³/mol. The largest absolute Gasteiger partial charge is 0.385 e. The third kappa shape index (κ3) is 4.14. The van der Waals surface area contributed by atoms with Crippen molar-refractivity contribution in [2.75, 3.05) is 13.7 Å². The zero-order chi connectivity index (χ0) is 15.8. The molecule has 0 radical (unpaired) electrons. The van der Waals surface area contributed by atoms with E-state index in [1.165, 1.54) is 5.56 Å². The average Bonchev–Trinajstić information content (AvgIpc) is 2.87. The molecule has 0 atom stereocenters. The third-order valence-electron chi connectivity index (χ3n) is 3.34. The third-order valence-corrected chi connectivity index (χ3v) is 3.34. The Kier molecular flexibility index (Phi) is 7.09. The van der Waals surface area contributed by atoms with Crippen LogP contribution in [0.5, 0.6) is 0 Å². The van der Waals surface area contributed by atoms with Crippen LogP contribution in [0.15, 0.2) is 18.5 Å². The molecule has 21 heavy (non-hydrogen) atoms. The molecule has 0 aliphatic rings. The Hall–Kier alpha value is -1.68. The molecule has 0 bridgehead atoms. The van der Waals surface area contributed by atoms with Crippen LogP contribution in [0.1, 0.15) is 50.2 Å². The van der Waals surface area contributed by atoms with E-state index in [1.807, 2.05) is 26.1 Å². The van der Waals surface area contributed by atoms with Crippen molar-refractivity contribution in [2.45, 2.75) is 47.1 Å². The van der Waals surface area contributed by atoms with Gasteiger partial charge in [0.15, 0.2) is 5.78 Å². The lowest BCUT2D eigenvalue weighted by molar-refractivity contribution is 0.101. The highest BCUT2D eigenvalue weighted by atomic mass is 16.5. The van der Waals surface area contributed by atoms with Crippen LogP contribution in [-0.4, -0.2) is 29.1 Å². The van der Waals surface area contributed by atoms with Gasteiger partial charge in [-0.05, 0) is 24.5 Å². The number of nitrogens with zero attached hydrogens (tertiary/aromatic N) is 2. The van der Waals surface area contributed by atoms with E-state index >= 15 is 0 Å². The Morgan fingerprint density at radius 1 is 1.38 bits per heavy atom. The molecule has 2 aromatic rings. The number of aromatic nitrogens is 2. The van der Waals surface area contributed by atoms with Crippen molar-refractivity contribution in [1.82, 2.24) is 9.55 Å². The van der Waals surface area contributed by atoms with Crippen LogP contribution < -0.4 is 0 Å². The molecule has 0 fully saturated rings. The lowest BCUT2D eigenvalue weighted by atomic mass is 10.1. The highest BCUT2D eigenvalue weighted by Crippen LogP contribution is 2.22. The Balaban J connectivity index is 0.00000106. The molecule has 0 saturated carbocycles. The van der Waals surface area contributed by atoms with Gasteiger partial charge in [-0.25, -0.2) is 0 Å². The number of methoxy groups -OCH3 is 1. The molecule has 0 unspecified atom stereocenters. The van der Waals surface area contributed by atoms with Gasteiger partial charge in [-0.3, -0.25) is 9.78 Å². The molecule has 0 aromatic carbocycles. The van der Waals surface area contributed by atoms with E-state index in [0.29, 0.717) is 5.69 Å². The maximum Gasteiger partial charge on any atom is 0.178 e. The molecule has 116 valence electrons. The van der Waals surface area contributed by atoms with Gasteiger partial charge in [0.2, 0.25) is 0 Å². The van der Waals surface area contributed by atoms with Gasteiger partial charge in [0.25, 0.3) is 0 Å². The van der Waals surface area contributed by atoms with E-state index < -0.39 is 0 Å². The number of rotatable bonds is 6. The zero-order valence-electron chi connectivity index (χ0n) is 13.8. The fraction of sp³-hybridized carbons (Fsp3) is 0.529. The number of hydrogen-bond donors (Lipinski definition) is 0. The van der Waals surface area contributed by atoms with Gasteiger partial charge >= 0.3 is 0 Å². The van der Waals surface area contributed by atoms with Crippen LogP contribution in [0, 0.1) is 0 Å². The number of pyridine rings is 1. The second-order valence-corrected chi connectivity index (χ2v) is 4.69. The molecule has 2 aromatic heterocycles. The monoisotopic (exact) mass is 290 g/mol. The summed E-state index contributed by atoms with van der Waals surface area (Å²) < 4.78 is 7.29. The van der Waals surface area contributed by atoms with Gasteiger partial charge < -0.3 is 9.30 Å². The molecule has 0 aliphatic carbocycles. The van der Waals surface area contributed by atoms with Crippen LogP contribution >= 0.6 is 0 Å². The van der Waals surface area contributed by atoms with Crippen LogP contribution in [0.25, 0.3) is 10.9 Å². The first-order valence-corrected chi connectivity index (χ1v) is 7.65. The normalized spacial score (nSPS) is 10.3. The highest BCUT2D eigenvalue weighted by molar-refractivity contribution is 5.96. The van der Waals surface area contributed by atoms with Crippen molar-refractivity contribution < 1.29 is 9.53 Å². The molecular formula is C17H26N2O2. The molecule has 0 N–H and O–H groups in total. The van der Waals surface area contributed by atoms with Crippen LogP contribution in [-0.2, 0) is 17.7 Å². The van der Waals surface area contributed by atoms with Gasteiger partial charge in [-0.2, -0.15) is 0 Å². The lowest BCUT2D eigenvalue weighted by Crippen LogP contribution is -2.01. The summed E-state index contributed by atoms with van der Waals surface area (Å²) in [6.45, 7) is 9.32. The number of ether oxygens (including phenoxy) is 1. The molecule has 4 nitrogen and oxygen atoms in total. The van der Waals surface area contributed by atoms with Crippen molar-refractivity contribution in [3.63, 3.8) is 0 Å². The number of ketones is 1. The summed E-state index contributed by atoms with van der Waals surface area (Å²) in [7, 11) is 1.71.